The van der Waals surface area contributed by atoms with Gasteiger partial charge in [-0.15, -0.1) is 0 Å². The summed E-state index contributed by atoms with van der Waals surface area (Å²) in [6.07, 6.45) is 1.46. The predicted octanol–water partition coefficient (Wildman–Crippen LogP) is 4.91. The molecule has 166 valence electrons. The molecule has 0 heterocycles. The van der Waals surface area contributed by atoms with E-state index in [1.807, 2.05) is 13.0 Å². The Balaban J connectivity index is 1.74. The van der Waals surface area contributed by atoms with Gasteiger partial charge in [0.15, 0.2) is 0 Å². The number of hydrogen-bond donors (Lipinski definition) is 2. The Kier molecular flexibility index (Phi) is 7.81. The number of carbonyl (C=O) groups excluding carboxylic acids is 1. The summed E-state index contributed by atoms with van der Waals surface area (Å²) in [5.74, 6) is -0.443. The first-order chi connectivity index (χ1) is 16.0. The van der Waals surface area contributed by atoms with Crippen LogP contribution in [0.3, 0.4) is 0 Å². The molecule has 0 unspecified atom stereocenters. The van der Waals surface area contributed by atoms with Crippen LogP contribution < -0.4 is 14.8 Å². The second-order valence-corrected chi connectivity index (χ2v) is 6.91. The van der Waals surface area contributed by atoms with Gasteiger partial charge in [-0.25, -0.2) is 4.79 Å². The maximum atomic E-state index is 12.7. The molecule has 2 N–H and O–H groups in total. The molecule has 1 amide bonds. The molecule has 0 bridgehead atoms. The van der Waals surface area contributed by atoms with Crippen LogP contribution in [-0.2, 0) is 11.4 Å². The molecule has 0 aliphatic rings. The maximum Gasteiger partial charge on any atom is 0.335 e. The predicted molar refractivity (Wildman–Crippen MR) is 124 cm³/mol. The molecule has 3 rings (SSSR count). The minimum Gasteiger partial charge on any atom is -0.494 e. The SMILES string of the molecule is CCOc1cccc(NC(=O)/C(C#N)=C\c2ccccc2OCc2ccc(C(=O)O)cc2)c1. The number of carboxylic acids is 1. The smallest absolute Gasteiger partial charge is 0.335 e. The standard InChI is InChI=1S/C26H22N2O5/c1-2-32-23-8-5-7-22(15-23)28-25(29)21(16-27)14-20-6-3-4-9-24(20)33-17-18-10-12-19(13-11-18)26(30)31/h3-15H,2,17H2,1H3,(H,28,29)(H,30,31)/b21-14-. The number of benzene rings is 3. The van der Waals surface area contributed by atoms with Gasteiger partial charge in [-0.1, -0.05) is 36.4 Å². The van der Waals surface area contributed by atoms with Crippen LogP contribution >= 0.6 is 0 Å². The third kappa shape index (κ3) is 6.45. The Bertz CT molecular complexity index is 1210. The highest BCUT2D eigenvalue weighted by atomic mass is 16.5. The van der Waals surface area contributed by atoms with Crippen LogP contribution in [0, 0.1) is 11.3 Å². The Hall–Kier alpha value is -4.57. The molecule has 0 saturated carbocycles. The third-order valence-corrected chi connectivity index (χ3v) is 4.58. The van der Waals surface area contributed by atoms with Crippen molar-refractivity contribution in [1.29, 1.82) is 5.26 Å². The Labute approximate surface area is 191 Å². The number of nitrogens with one attached hydrogen (secondary N) is 1. The van der Waals surface area contributed by atoms with Crippen molar-refractivity contribution in [2.75, 3.05) is 11.9 Å². The van der Waals surface area contributed by atoms with Gasteiger partial charge < -0.3 is 19.9 Å². The van der Waals surface area contributed by atoms with Crippen LogP contribution in [0.5, 0.6) is 11.5 Å². The first-order valence-electron chi connectivity index (χ1n) is 10.2. The number of carbonyl (C=O) groups is 2. The van der Waals surface area contributed by atoms with Crippen LogP contribution in [0.1, 0.15) is 28.4 Å². The number of hydrogen-bond acceptors (Lipinski definition) is 5. The summed E-state index contributed by atoms with van der Waals surface area (Å²) in [6, 6.07) is 22.3. The second-order valence-electron chi connectivity index (χ2n) is 6.91. The van der Waals surface area contributed by atoms with Gasteiger partial charge in [-0.3, -0.25) is 4.79 Å². The molecule has 3 aromatic carbocycles. The fourth-order valence-corrected chi connectivity index (χ4v) is 2.97. The van der Waals surface area contributed by atoms with Gasteiger partial charge in [0.1, 0.15) is 29.7 Å². The molecule has 0 aromatic heterocycles. The number of rotatable bonds is 9. The van der Waals surface area contributed by atoms with E-state index in [1.54, 1.807) is 60.7 Å². The lowest BCUT2D eigenvalue weighted by Gasteiger charge is -2.10. The van der Waals surface area contributed by atoms with E-state index in [1.165, 1.54) is 18.2 Å². The van der Waals surface area contributed by atoms with Crippen molar-refractivity contribution in [1.82, 2.24) is 0 Å². The van der Waals surface area contributed by atoms with E-state index in [-0.39, 0.29) is 17.7 Å². The zero-order valence-electron chi connectivity index (χ0n) is 17.9. The second kappa shape index (κ2) is 11.2. The first kappa shape index (κ1) is 23.1. The minimum atomic E-state index is -0.995. The lowest BCUT2D eigenvalue weighted by atomic mass is 10.1. The molecule has 0 atom stereocenters. The lowest BCUT2D eigenvalue weighted by molar-refractivity contribution is -0.112. The molecule has 7 heteroatoms. The minimum absolute atomic E-state index is 0.0846. The quantitative estimate of drug-likeness (QED) is 0.360. The number of ether oxygens (including phenoxy) is 2. The van der Waals surface area contributed by atoms with E-state index in [0.29, 0.717) is 29.4 Å². The van der Waals surface area contributed by atoms with E-state index in [9.17, 15) is 14.9 Å². The topological polar surface area (TPSA) is 109 Å². The van der Waals surface area contributed by atoms with Crippen molar-refractivity contribution in [2.45, 2.75) is 13.5 Å². The fraction of sp³-hybridized carbons (Fsp3) is 0.115. The molecule has 0 fully saturated rings. The summed E-state index contributed by atoms with van der Waals surface area (Å²) in [5, 5.41) is 21.3. The van der Waals surface area contributed by atoms with Gasteiger partial charge in [0.2, 0.25) is 0 Å². The Morgan fingerprint density at radius 1 is 1.03 bits per heavy atom. The summed E-state index contributed by atoms with van der Waals surface area (Å²) in [4.78, 5) is 23.6. The molecule has 7 nitrogen and oxygen atoms in total. The number of anilines is 1. The van der Waals surface area contributed by atoms with Crippen LogP contribution in [-0.4, -0.2) is 23.6 Å². The van der Waals surface area contributed by atoms with Crippen molar-refractivity contribution in [3.05, 3.63) is 95.1 Å². The van der Waals surface area contributed by atoms with Crippen LogP contribution in [0.25, 0.3) is 6.08 Å². The highest BCUT2D eigenvalue weighted by Crippen LogP contribution is 2.23. The fourth-order valence-electron chi connectivity index (χ4n) is 2.97. The summed E-state index contributed by atoms with van der Waals surface area (Å²) in [5.41, 5.74) is 1.97. The van der Waals surface area contributed by atoms with E-state index in [4.69, 9.17) is 14.6 Å². The van der Waals surface area contributed by atoms with Crippen molar-refractivity contribution in [3.8, 4) is 17.6 Å². The molecule has 0 aliphatic carbocycles. The highest BCUT2D eigenvalue weighted by molar-refractivity contribution is 6.09. The zero-order valence-corrected chi connectivity index (χ0v) is 17.9. The molecule has 0 aliphatic heterocycles. The van der Waals surface area contributed by atoms with Gasteiger partial charge in [0, 0.05) is 17.3 Å². The average molecular weight is 442 g/mol. The number of amides is 1. The van der Waals surface area contributed by atoms with Crippen molar-refractivity contribution >= 4 is 23.6 Å². The Morgan fingerprint density at radius 2 is 1.79 bits per heavy atom. The molecule has 3 aromatic rings. The molecular weight excluding hydrogens is 420 g/mol. The zero-order chi connectivity index (χ0) is 23.6. The molecule has 0 radical (unpaired) electrons. The normalized spacial score (nSPS) is 10.7. The molecule has 0 saturated heterocycles. The van der Waals surface area contributed by atoms with Gasteiger partial charge in [-0.05, 0) is 48.9 Å². The van der Waals surface area contributed by atoms with Crippen molar-refractivity contribution in [2.24, 2.45) is 0 Å². The molecular formula is C26H22N2O5. The lowest BCUT2D eigenvalue weighted by Crippen LogP contribution is -2.13. The van der Waals surface area contributed by atoms with Crippen LogP contribution in [0.2, 0.25) is 0 Å². The van der Waals surface area contributed by atoms with Crippen LogP contribution in [0.4, 0.5) is 5.69 Å². The monoisotopic (exact) mass is 442 g/mol. The van der Waals surface area contributed by atoms with Gasteiger partial charge in [0.25, 0.3) is 5.91 Å². The van der Waals surface area contributed by atoms with Crippen molar-refractivity contribution < 1.29 is 24.2 Å². The number of para-hydroxylation sites is 1. The largest absolute Gasteiger partial charge is 0.494 e. The third-order valence-electron chi connectivity index (χ3n) is 4.58. The highest BCUT2D eigenvalue weighted by Gasteiger charge is 2.12. The van der Waals surface area contributed by atoms with E-state index >= 15 is 0 Å². The summed E-state index contributed by atoms with van der Waals surface area (Å²) >= 11 is 0. The summed E-state index contributed by atoms with van der Waals surface area (Å²) in [7, 11) is 0. The van der Waals surface area contributed by atoms with Gasteiger partial charge >= 0.3 is 5.97 Å². The maximum absolute atomic E-state index is 12.7. The molecule has 0 spiro atoms. The van der Waals surface area contributed by atoms with E-state index in [0.717, 1.165) is 5.56 Å². The van der Waals surface area contributed by atoms with E-state index in [2.05, 4.69) is 5.32 Å². The Morgan fingerprint density at radius 3 is 2.48 bits per heavy atom. The van der Waals surface area contributed by atoms with Gasteiger partial charge in [0.05, 0.1) is 12.2 Å². The van der Waals surface area contributed by atoms with Crippen molar-refractivity contribution in [3.63, 3.8) is 0 Å². The number of nitriles is 1. The average Bonchev–Trinajstić information content (AvgIpc) is 2.82. The summed E-state index contributed by atoms with van der Waals surface area (Å²) < 4.78 is 11.3. The first-order valence-corrected chi connectivity index (χ1v) is 10.2. The summed E-state index contributed by atoms with van der Waals surface area (Å²) in [6.45, 7) is 2.57. The van der Waals surface area contributed by atoms with Gasteiger partial charge in [-0.2, -0.15) is 5.26 Å². The number of carboxylic acid groups (broad SMARTS) is 1. The number of aromatic carboxylic acids is 1. The van der Waals surface area contributed by atoms with Crippen LogP contribution in [0.15, 0.2) is 78.4 Å². The molecule has 33 heavy (non-hydrogen) atoms. The van der Waals surface area contributed by atoms with E-state index < -0.39 is 11.9 Å². The number of nitrogens with zero attached hydrogens (tertiary/aromatic N) is 1.